The van der Waals surface area contributed by atoms with Crippen molar-refractivity contribution >= 4 is 20.1 Å². The molecule has 5 heteroatoms. The van der Waals surface area contributed by atoms with Gasteiger partial charge in [-0.2, -0.15) is 0 Å². The summed E-state index contributed by atoms with van der Waals surface area (Å²) in [4.78, 5) is 23.9. The van der Waals surface area contributed by atoms with Gasteiger partial charge in [0.1, 0.15) is 6.10 Å². The normalized spacial score (nSPS) is 28.5. The predicted octanol–water partition coefficient (Wildman–Crippen LogP) is 5.03. The fraction of sp³-hybridized carbons (Fsp3) is 0.810. The maximum Gasteiger partial charge on any atom is 0.306 e. The van der Waals surface area contributed by atoms with E-state index in [0.717, 1.165) is 43.8 Å². The Balaban J connectivity index is 2.09. The van der Waals surface area contributed by atoms with Crippen molar-refractivity contribution in [2.24, 2.45) is 11.8 Å². The van der Waals surface area contributed by atoms with E-state index in [1.54, 1.807) is 6.08 Å². The topological polar surface area (TPSA) is 52.6 Å². The van der Waals surface area contributed by atoms with Crippen LogP contribution in [0.4, 0.5) is 0 Å². The molecule has 2 rings (SSSR count). The molecule has 0 bridgehead atoms. The van der Waals surface area contributed by atoms with E-state index in [2.05, 4.69) is 27.7 Å². The SMILES string of the molecule is CCCCCC(=O)/C=C/[C@@H]1C2CC(=O)O[C@H]2C[C@H]1O[Si](CC)(CC)CC. The monoisotopic (exact) mass is 380 g/mol. The fourth-order valence-electron chi connectivity index (χ4n) is 4.46. The summed E-state index contributed by atoms with van der Waals surface area (Å²) in [5, 5.41) is 0. The lowest BCUT2D eigenvalue weighted by Gasteiger charge is -2.34. The zero-order chi connectivity index (χ0) is 19.2. The Kier molecular flexibility index (Phi) is 8.08. The van der Waals surface area contributed by atoms with Crippen molar-refractivity contribution in [3.63, 3.8) is 0 Å². The number of allylic oxidation sites excluding steroid dienone is 1. The van der Waals surface area contributed by atoms with Crippen LogP contribution in [0.1, 0.15) is 66.2 Å². The average molecular weight is 381 g/mol. The third-order valence-corrected chi connectivity index (χ3v) is 11.1. The first-order chi connectivity index (χ1) is 12.5. The number of fused-ring (bicyclic) bond motifs is 1. The molecule has 0 aromatic rings. The summed E-state index contributed by atoms with van der Waals surface area (Å²) in [6, 6.07) is 3.33. The van der Waals surface area contributed by atoms with E-state index in [9.17, 15) is 9.59 Å². The Labute approximate surface area is 159 Å². The first kappa shape index (κ1) is 21.4. The number of hydrogen-bond donors (Lipinski definition) is 0. The van der Waals surface area contributed by atoms with Gasteiger partial charge in [-0.15, -0.1) is 0 Å². The molecule has 2 fully saturated rings. The second-order valence-corrected chi connectivity index (χ2v) is 12.6. The van der Waals surface area contributed by atoms with Gasteiger partial charge < -0.3 is 9.16 Å². The highest BCUT2D eigenvalue weighted by Crippen LogP contribution is 2.45. The minimum absolute atomic E-state index is 0.0328. The van der Waals surface area contributed by atoms with Gasteiger partial charge in [-0.1, -0.05) is 46.6 Å². The highest BCUT2D eigenvalue weighted by molar-refractivity contribution is 6.73. The van der Waals surface area contributed by atoms with Gasteiger partial charge in [0, 0.05) is 24.7 Å². The van der Waals surface area contributed by atoms with Crippen molar-refractivity contribution in [3.05, 3.63) is 12.2 Å². The number of hydrogen-bond acceptors (Lipinski definition) is 4. The van der Waals surface area contributed by atoms with Gasteiger partial charge >= 0.3 is 5.97 Å². The number of ketones is 1. The lowest BCUT2D eigenvalue weighted by Crippen LogP contribution is -2.41. The fourth-order valence-corrected chi connectivity index (χ4v) is 7.36. The molecule has 1 heterocycles. The van der Waals surface area contributed by atoms with E-state index in [1.807, 2.05) is 6.08 Å². The van der Waals surface area contributed by atoms with Crippen LogP contribution in [0.25, 0.3) is 0 Å². The van der Waals surface area contributed by atoms with Gasteiger partial charge in [0.15, 0.2) is 14.1 Å². The molecule has 4 nitrogen and oxygen atoms in total. The Morgan fingerprint density at radius 2 is 1.88 bits per heavy atom. The van der Waals surface area contributed by atoms with Gasteiger partial charge in [-0.25, -0.2) is 0 Å². The highest BCUT2D eigenvalue weighted by atomic mass is 28.4. The van der Waals surface area contributed by atoms with Crippen LogP contribution in [-0.2, 0) is 18.8 Å². The molecular weight excluding hydrogens is 344 g/mol. The van der Waals surface area contributed by atoms with Crippen LogP contribution in [-0.4, -0.2) is 32.3 Å². The molecule has 1 aliphatic carbocycles. The molecule has 4 atom stereocenters. The molecule has 0 aromatic heterocycles. The summed E-state index contributed by atoms with van der Waals surface area (Å²) in [5.41, 5.74) is 0. The molecule has 0 radical (unpaired) electrons. The van der Waals surface area contributed by atoms with Crippen LogP contribution in [0.3, 0.4) is 0 Å². The smallest absolute Gasteiger partial charge is 0.306 e. The predicted molar refractivity (Wildman–Crippen MR) is 106 cm³/mol. The number of ether oxygens (including phenoxy) is 1. The summed E-state index contributed by atoms with van der Waals surface area (Å²) < 4.78 is 12.3. The van der Waals surface area contributed by atoms with Crippen molar-refractivity contribution in [3.8, 4) is 0 Å². The first-order valence-corrected chi connectivity index (χ1v) is 13.1. The molecule has 26 heavy (non-hydrogen) atoms. The van der Waals surface area contributed by atoms with Crippen LogP contribution in [0, 0.1) is 11.8 Å². The van der Waals surface area contributed by atoms with Gasteiger partial charge in [-0.05, 0) is 30.6 Å². The zero-order valence-electron chi connectivity index (χ0n) is 17.0. The molecule has 148 valence electrons. The second-order valence-electron chi connectivity index (χ2n) is 7.89. The van der Waals surface area contributed by atoms with Crippen LogP contribution in [0.5, 0.6) is 0 Å². The third-order valence-electron chi connectivity index (χ3n) is 6.42. The number of carbonyl (C=O) groups is 2. The van der Waals surface area contributed by atoms with E-state index < -0.39 is 8.32 Å². The molecule has 0 aromatic carbocycles. The second kappa shape index (κ2) is 9.84. The maximum atomic E-state index is 12.2. The van der Waals surface area contributed by atoms with Crippen molar-refractivity contribution in [2.75, 3.05) is 0 Å². The average Bonchev–Trinajstić information content (AvgIpc) is 3.13. The molecule has 0 spiro atoms. The van der Waals surface area contributed by atoms with Crippen LogP contribution in [0.2, 0.25) is 18.1 Å². The lowest BCUT2D eigenvalue weighted by molar-refractivity contribution is -0.141. The minimum Gasteiger partial charge on any atom is -0.462 e. The Morgan fingerprint density at radius 3 is 2.50 bits per heavy atom. The molecule has 0 N–H and O–H groups in total. The summed E-state index contributed by atoms with van der Waals surface area (Å²) in [7, 11) is -1.73. The number of esters is 1. The molecule has 0 amide bonds. The zero-order valence-corrected chi connectivity index (χ0v) is 18.0. The van der Waals surface area contributed by atoms with Crippen molar-refractivity contribution in [2.45, 2.75) is 96.6 Å². The summed E-state index contributed by atoms with van der Waals surface area (Å²) >= 11 is 0. The van der Waals surface area contributed by atoms with E-state index in [4.69, 9.17) is 9.16 Å². The van der Waals surface area contributed by atoms with Crippen LogP contribution < -0.4 is 0 Å². The summed E-state index contributed by atoms with van der Waals surface area (Å²) in [6.45, 7) is 8.84. The Hall–Kier alpha value is -0.943. The molecule has 1 saturated heterocycles. The minimum atomic E-state index is -1.73. The molecule has 2 aliphatic rings. The Bertz CT molecular complexity index is 504. The maximum absolute atomic E-state index is 12.2. The van der Waals surface area contributed by atoms with Gasteiger partial charge in [0.2, 0.25) is 0 Å². The number of rotatable bonds is 11. The van der Waals surface area contributed by atoms with E-state index >= 15 is 0 Å². The Morgan fingerprint density at radius 1 is 1.19 bits per heavy atom. The van der Waals surface area contributed by atoms with Crippen molar-refractivity contribution in [1.82, 2.24) is 0 Å². The van der Waals surface area contributed by atoms with E-state index in [0.29, 0.717) is 12.8 Å². The molecular formula is C21H36O4Si. The van der Waals surface area contributed by atoms with Gasteiger partial charge in [-0.3, -0.25) is 9.59 Å². The first-order valence-electron chi connectivity index (χ1n) is 10.6. The van der Waals surface area contributed by atoms with Crippen molar-refractivity contribution in [1.29, 1.82) is 0 Å². The van der Waals surface area contributed by atoms with Crippen LogP contribution >= 0.6 is 0 Å². The quantitative estimate of drug-likeness (QED) is 0.218. The van der Waals surface area contributed by atoms with Gasteiger partial charge in [0.05, 0.1) is 12.5 Å². The summed E-state index contributed by atoms with van der Waals surface area (Å²) in [5.74, 6) is 0.384. The summed E-state index contributed by atoms with van der Waals surface area (Å²) in [6.07, 6.45) is 8.86. The van der Waals surface area contributed by atoms with Crippen LogP contribution in [0.15, 0.2) is 12.2 Å². The van der Waals surface area contributed by atoms with Crippen molar-refractivity contribution < 1.29 is 18.8 Å². The molecule has 1 saturated carbocycles. The van der Waals surface area contributed by atoms with E-state index in [1.165, 1.54) is 0 Å². The third kappa shape index (κ3) is 5.07. The largest absolute Gasteiger partial charge is 0.462 e. The highest BCUT2D eigenvalue weighted by Gasteiger charge is 2.51. The molecule has 1 aliphatic heterocycles. The number of unbranched alkanes of at least 4 members (excludes halogenated alkanes) is 2. The number of carbonyl (C=O) groups excluding carboxylic acids is 2. The van der Waals surface area contributed by atoms with Gasteiger partial charge in [0.25, 0.3) is 0 Å². The standard InChI is InChI=1S/C21H36O4Si/c1-5-9-10-11-16(22)12-13-17-18-14-21(23)24-19(18)15-20(17)25-26(6-2,7-3)8-4/h12-13,17-20H,5-11,14-15H2,1-4H3/b13-12+/t17-,18?,19+,20-/m1/s1. The lowest BCUT2D eigenvalue weighted by atomic mass is 9.91. The molecule has 1 unspecified atom stereocenters. The van der Waals surface area contributed by atoms with E-state index in [-0.39, 0.29) is 35.8 Å².